The Labute approximate surface area is 146 Å². The fourth-order valence-electron chi connectivity index (χ4n) is 3.47. The van der Waals surface area contributed by atoms with Crippen LogP contribution in [0.5, 0.6) is 0 Å². The van der Waals surface area contributed by atoms with Crippen LogP contribution in [0.25, 0.3) is 0 Å². The average Bonchev–Trinajstić information content (AvgIpc) is 2.98. The standard InChI is InChI=1S/C18H23FN6/c1-25-10-12-4-5-14(7-13(12)11-25)23-18-21-9-16(19)17(24-18)22-15-3-2-6-20-8-15/h4-5,7,9,15,20H,2-3,6,8,10-11H2,1H3,(H2,21,22,23,24)/t15-/m1/s1. The van der Waals surface area contributed by atoms with E-state index in [1.165, 1.54) is 17.3 Å². The van der Waals surface area contributed by atoms with Crippen molar-refractivity contribution < 1.29 is 4.39 Å². The number of hydrogen-bond donors (Lipinski definition) is 3. The minimum absolute atomic E-state index is 0.196. The SMILES string of the molecule is CN1Cc2ccc(Nc3ncc(F)c(N[C@@H]4CCCNC4)n3)cc2C1. The van der Waals surface area contributed by atoms with Crippen molar-refractivity contribution in [2.45, 2.75) is 32.0 Å². The van der Waals surface area contributed by atoms with E-state index in [4.69, 9.17) is 0 Å². The molecule has 1 saturated heterocycles. The summed E-state index contributed by atoms with van der Waals surface area (Å²) in [5.41, 5.74) is 3.58. The van der Waals surface area contributed by atoms with Gasteiger partial charge in [0.25, 0.3) is 0 Å². The van der Waals surface area contributed by atoms with Gasteiger partial charge in [-0.15, -0.1) is 0 Å². The maximum absolute atomic E-state index is 14.0. The van der Waals surface area contributed by atoms with Crippen LogP contribution in [0.3, 0.4) is 0 Å². The van der Waals surface area contributed by atoms with Gasteiger partial charge in [-0.1, -0.05) is 6.07 Å². The van der Waals surface area contributed by atoms with Gasteiger partial charge in [0.05, 0.1) is 6.20 Å². The molecule has 0 spiro atoms. The number of halogens is 1. The summed E-state index contributed by atoms with van der Waals surface area (Å²) < 4.78 is 14.0. The second kappa shape index (κ2) is 6.93. The van der Waals surface area contributed by atoms with Crippen molar-refractivity contribution in [3.05, 3.63) is 41.3 Å². The van der Waals surface area contributed by atoms with Gasteiger partial charge in [0.1, 0.15) is 0 Å². The van der Waals surface area contributed by atoms with Gasteiger partial charge >= 0.3 is 0 Å². The molecule has 25 heavy (non-hydrogen) atoms. The molecule has 3 heterocycles. The van der Waals surface area contributed by atoms with Crippen LogP contribution in [0, 0.1) is 5.82 Å². The Bertz CT molecular complexity index is 759. The first kappa shape index (κ1) is 16.2. The third-order valence-electron chi connectivity index (χ3n) is 4.72. The van der Waals surface area contributed by atoms with Crippen LogP contribution < -0.4 is 16.0 Å². The molecule has 0 amide bonds. The first-order valence-corrected chi connectivity index (χ1v) is 8.74. The highest BCUT2D eigenvalue weighted by Crippen LogP contribution is 2.26. The lowest BCUT2D eigenvalue weighted by molar-refractivity contribution is 0.353. The Morgan fingerprint density at radius 3 is 3.00 bits per heavy atom. The van der Waals surface area contributed by atoms with E-state index in [0.29, 0.717) is 5.95 Å². The Morgan fingerprint density at radius 2 is 2.16 bits per heavy atom. The molecule has 0 unspecified atom stereocenters. The summed E-state index contributed by atoms with van der Waals surface area (Å²) in [5, 5.41) is 9.69. The molecule has 1 fully saturated rings. The van der Waals surface area contributed by atoms with Crippen molar-refractivity contribution in [1.82, 2.24) is 20.2 Å². The summed E-state index contributed by atoms with van der Waals surface area (Å²) in [6, 6.07) is 6.45. The zero-order valence-corrected chi connectivity index (χ0v) is 14.3. The maximum Gasteiger partial charge on any atom is 0.229 e. The van der Waals surface area contributed by atoms with Crippen LogP contribution in [0.1, 0.15) is 24.0 Å². The lowest BCUT2D eigenvalue weighted by atomic mass is 10.1. The highest BCUT2D eigenvalue weighted by atomic mass is 19.1. The van der Waals surface area contributed by atoms with E-state index in [1.807, 2.05) is 6.07 Å². The highest BCUT2D eigenvalue weighted by Gasteiger charge is 2.17. The predicted octanol–water partition coefficient (Wildman–Crippen LogP) is 2.47. The molecular weight excluding hydrogens is 319 g/mol. The summed E-state index contributed by atoms with van der Waals surface area (Å²) in [6.45, 7) is 3.76. The van der Waals surface area contributed by atoms with Crippen LogP contribution in [0.15, 0.2) is 24.4 Å². The molecule has 7 heteroatoms. The van der Waals surface area contributed by atoms with Gasteiger partial charge in [-0.3, -0.25) is 4.90 Å². The molecule has 1 aromatic heterocycles. The summed E-state index contributed by atoms with van der Waals surface area (Å²) in [7, 11) is 2.11. The molecule has 2 aromatic rings. The van der Waals surface area contributed by atoms with Crippen molar-refractivity contribution in [2.24, 2.45) is 0 Å². The van der Waals surface area contributed by atoms with Crippen LogP contribution in [0.2, 0.25) is 0 Å². The highest BCUT2D eigenvalue weighted by molar-refractivity contribution is 5.57. The number of nitrogens with one attached hydrogen (secondary N) is 3. The summed E-state index contributed by atoms with van der Waals surface area (Å²) in [4.78, 5) is 10.7. The third-order valence-corrected chi connectivity index (χ3v) is 4.72. The van der Waals surface area contributed by atoms with E-state index in [1.54, 1.807) is 0 Å². The molecule has 0 saturated carbocycles. The van der Waals surface area contributed by atoms with Crippen molar-refractivity contribution in [3.63, 3.8) is 0 Å². The third kappa shape index (κ3) is 3.72. The second-order valence-corrected chi connectivity index (χ2v) is 6.86. The molecule has 3 N–H and O–H groups in total. The maximum atomic E-state index is 14.0. The van der Waals surface area contributed by atoms with E-state index in [-0.39, 0.29) is 11.9 Å². The Morgan fingerprint density at radius 1 is 1.28 bits per heavy atom. The lowest BCUT2D eigenvalue weighted by Crippen LogP contribution is -2.38. The fraction of sp³-hybridized carbons (Fsp3) is 0.444. The monoisotopic (exact) mass is 342 g/mol. The second-order valence-electron chi connectivity index (χ2n) is 6.86. The number of nitrogens with zero attached hydrogens (tertiary/aromatic N) is 3. The zero-order chi connectivity index (χ0) is 17.2. The summed E-state index contributed by atoms with van der Waals surface area (Å²) >= 11 is 0. The molecule has 1 atom stereocenters. The first-order chi connectivity index (χ1) is 12.2. The minimum Gasteiger partial charge on any atom is -0.363 e. The van der Waals surface area contributed by atoms with Gasteiger partial charge in [0.15, 0.2) is 11.6 Å². The average molecular weight is 342 g/mol. The van der Waals surface area contributed by atoms with E-state index in [0.717, 1.165) is 44.7 Å². The molecule has 6 nitrogen and oxygen atoms in total. The van der Waals surface area contributed by atoms with Crippen LogP contribution in [-0.2, 0) is 13.1 Å². The molecule has 1 aromatic carbocycles. The lowest BCUT2D eigenvalue weighted by Gasteiger charge is -2.24. The van der Waals surface area contributed by atoms with E-state index in [2.05, 4.69) is 50.0 Å². The molecule has 2 aliphatic heterocycles. The van der Waals surface area contributed by atoms with E-state index in [9.17, 15) is 4.39 Å². The Kier molecular flexibility index (Phi) is 4.50. The number of aromatic nitrogens is 2. The normalized spacial score (nSPS) is 20.3. The topological polar surface area (TPSA) is 65.1 Å². The number of hydrogen-bond acceptors (Lipinski definition) is 6. The van der Waals surface area contributed by atoms with Gasteiger partial charge in [0, 0.05) is 31.4 Å². The molecule has 0 aliphatic carbocycles. The summed E-state index contributed by atoms with van der Waals surface area (Å²) in [5.74, 6) is 0.234. The van der Waals surface area contributed by atoms with Gasteiger partial charge < -0.3 is 16.0 Å². The number of fused-ring (bicyclic) bond motifs is 1. The van der Waals surface area contributed by atoms with Crippen LogP contribution in [0.4, 0.5) is 21.8 Å². The van der Waals surface area contributed by atoms with Crippen LogP contribution in [-0.4, -0.2) is 41.0 Å². The number of rotatable bonds is 4. The van der Waals surface area contributed by atoms with E-state index >= 15 is 0 Å². The Hall–Kier alpha value is -2.25. The van der Waals surface area contributed by atoms with Crippen molar-refractivity contribution in [2.75, 3.05) is 30.8 Å². The molecular formula is C18H23FN6. The predicted molar refractivity (Wildman–Crippen MR) is 96.4 cm³/mol. The molecule has 0 radical (unpaired) electrons. The number of anilines is 3. The number of benzene rings is 1. The van der Waals surface area contributed by atoms with Gasteiger partial charge in [-0.05, 0) is 49.7 Å². The van der Waals surface area contributed by atoms with Crippen LogP contribution >= 0.6 is 0 Å². The molecule has 2 aliphatic rings. The quantitative estimate of drug-likeness (QED) is 0.793. The fourth-order valence-corrected chi connectivity index (χ4v) is 3.47. The number of piperidine rings is 1. The smallest absolute Gasteiger partial charge is 0.229 e. The minimum atomic E-state index is -0.424. The molecule has 0 bridgehead atoms. The summed E-state index contributed by atoms with van der Waals surface area (Å²) in [6.07, 6.45) is 3.31. The van der Waals surface area contributed by atoms with Gasteiger partial charge in [-0.2, -0.15) is 4.98 Å². The zero-order valence-electron chi connectivity index (χ0n) is 14.3. The van der Waals surface area contributed by atoms with E-state index < -0.39 is 5.82 Å². The molecule has 132 valence electrons. The Balaban J connectivity index is 1.49. The van der Waals surface area contributed by atoms with Gasteiger partial charge in [0.2, 0.25) is 5.95 Å². The van der Waals surface area contributed by atoms with Gasteiger partial charge in [-0.25, -0.2) is 9.37 Å². The largest absolute Gasteiger partial charge is 0.363 e. The van der Waals surface area contributed by atoms with Crippen molar-refractivity contribution in [1.29, 1.82) is 0 Å². The van der Waals surface area contributed by atoms with Crippen molar-refractivity contribution >= 4 is 17.5 Å². The molecule has 4 rings (SSSR count). The first-order valence-electron chi connectivity index (χ1n) is 8.74. The van der Waals surface area contributed by atoms with Crippen molar-refractivity contribution in [3.8, 4) is 0 Å².